The molecule has 0 aliphatic heterocycles. The van der Waals surface area contributed by atoms with Gasteiger partial charge in [0.05, 0.1) is 9.79 Å². The molecule has 8 N–H and O–H groups in total. The van der Waals surface area contributed by atoms with E-state index in [4.69, 9.17) is 0 Å². The topological polar surface area (TPSA) is 249 Å². The predicted molar refractivity (Wildman–Crippen MR) is 221 cm³/mol. The molecule has 4 amide bonds. The fourth-order valence-electron chi connectivity index (χ4n) is 5.19. The minimum atomic E-state index is -4.53. The fraction of sp³-hybridized carbons (Fsp3) is 0. The summed E-state index contributed by atoms with van der Waals surface area (Å²) < 4.78 is 64.2. The Kier molecular flexibility index (Phi) is 18.1. The number of carbonyl (C=O) groups excluding carboxylic acids is 3. The van der Waals surface area contributed by atoms with E-state index < -0.39 is 59.4 Å². The summed E-state index contributed by atoms with van der Waals surface area (Å²) in [5.74, 6) is -1.80. The number of aromatic hydroxyl groups is 2. The average molecular weight is 839 g/mol. The summed E-state index contributed by atoms with van der Waals surface area (Å²) in [6.07, 6.45) is 0. The summed E-state index contributed by atoms with van der Waals surface area (Å²) in [6, 6.07) is 24.3. The van der Waals surface area contributed by atoms with Crippen LogP contribution in [0.25, 0.3) is 21.5 Å². The number of phenols is 2. The fourth-order valence-corrected chi connectivity index (χ4v) is 6.26. The third kappa shape index (κ3) is 12.2. The Morgan fingerprint density at radius 3 is 1.07 bits per heavy atom. The van der Waals surface area contributed by atoms with Gasteiger partial charge in [-0.25, -0.2) is 4.79 Å². The molecule has 0 unspecified atom stereocenters. The van der Waals surface area contributed by atoms with Gasteiger partial charge in [0.15, 0.2) is 0 Å². The van der Waals surface area contributed by atoms with Gasteiger partial charge in [-0.15, -0.1) is 0 Å². The Morgan fingerprint density at radius 1 is 0.429 bits per heavy atom. The zero-order chi connectivity index (χ0) is 37.4. The van der Waals surface area contributed by atoms with Gasteiger partial charge in [-0.05, 0) is 95.7 Å². The van der Waals surface area contributed by atoms with Gasteiger partial charge in [0.2, 0.25) is 0 Å². The molecule has 0 aliphatic rings. The molecule has 6 rings (SSSR count). The molecule has 15 nitrogen and oxygen atoms in total. The predicted octanol–water partition coefficient (Wildman–Crippen LogP) is 3.45. The number of urea groups is 1. The van der Waals surface area contributed by atoms with Gasteiger partial charge >= 0.3 is 124 Å². The van der Waals surface area contributed by atoms with Crippen LogP contribution < -0.4 is 21.3 Å². The van der Waals surface area contributed by atoms with Gasteiger partial charge in [-0.1, -0.05) is 12.1 Å². The SMILES string of the molecule is O=C(Nc1ccc(C(=O)Nc2ccc3cc(S(=O)(=O)O)cc(O)c3c2)cc1)Nc1ccc(C(=O)Nc2ccc3cc(S(=O)(=O)O)cc(O)c3c2)cc1.[NaH].[NaH].[NaH].[NaH]. The second-order valence-electron chi connectivity index (χ2n) is 11.3. The second kappa shape index (κ2) is 20.4. The Balaban J connectivity index is 0.00000271. The van der Waals surface area contributed by atoms with Crippen LogP contribution in [-0.2, 0) is 20.2 Å². The first kappa shape index (κ1) is 49.6. The quantitative estimate of drug-likeness (QED) is 0.0815. The van der Waals surface area contributed by atoms with E-state index in [-0.39, 0.29) is 140 Å². The maximum atomic E-state index is 12.8. The first-order valence-electron chi connectivity index (χ1n) is 14.9. The maximum absolute atomic E-state index is 12.8. The van der Waals surface area contributed by atoms with Gasteiger partial charge in [0.1, 0.15) is 11.5 Å². The summed E-state index contributed by atoms with van der Waals surface area (Å²) in [6.45, 7) is 0. The number of benzene rings is 6. The molecule has 0 atom stereocenters. The molecule has 6 aromatic rings. The molecule has 272 valence electrons. The molecule has 0 saturated heterocycles. The van der Waals surface area contributed by atoms with Crippen LogP contribution in [0.4, 0.5) is 27.5 Å². The number of nitrogens with one attached hydrogen (secondary N) is 4. The van der Waals surface area contributed by atoms with Crippen molar-refractivity contribution in [2.45, 2.75) is 9.79 Å². The number of anilines is 4. The van der Waals surface area contributed by atoms with Crippen molar-refractivity contribution in [2.75, 3.05) is 21.3 Å². The van der Waals surface area contributed by atoms with Gasteiger partial charge in [0, 0.05) is 56.8 Å². The second-order valence-corrected chi connectivity index (χ2v) is 14.2. The van der Waals surface area contributed by atoms with E-state index in [2.05, 4.69) is 21.3 Å². The molecule has 0 saturated carbocycles. The van der Waals surface area contributed by atoms with Crippen molar-refractivity contribution >= 4 is 201 Å². The van der Waals surface area contributed by atoms with Gasteiger partial charge in [-0.2, -0.15) is 16.8 Å². The zero-order valence-corrected chi connectivity index (χ0v) is 28.0. The number of fused-ring (bicyclic) bond motifs is 2. The number of phenolic OH excluding ortho intramolecular Hbond substituents is 2. The Morgan fingerprint density at radius 2 is 0.750 bits per heavy atom. The van der Waals surface area contributed by atoms with Crippen molar-refractivity contribution in [2.24, 2.45) is 0 Å². The molecule has 0 aliphatic carbocycles. The van der Waals surface area contributed by atoms with Crippen LogP contribution in [0.1, 0.15) is 20.7 Å². The van der Waals surface area contributed by atoms with Crippen molar-refractivity contribution < 1.29 is 50.5 Å². The average Bonchev–Trinajstić information content (AvgIpc) is 3.08. The van der Waals surface area contributed by atoms with Crippen molar-refractivity contribution in [1.29, 1.82) is 0 Å². The molecule has 56 heavy (non-hydrogen) atoms. The van der Waals surface area contributed by atoms with Crippen LogP contribution in [0, 0.1) is 0 Å². The van der Waals surface area contributed by atoms with Gasteiger partial charge in [0.25, 0.3) is 32.1 Å². The Bertz CT molecular complexity index is 2490. The molecular weight excluding hydrogens is 808 g/mol. The summed E-state index contributed by atoms with van der Waals surface area (Å²) in [5.41, 5.74) is 1.85. The molecule has 0 fully saturated rings. The van der Waals surface area contributed by atoms with Crippen LogP contribution in [0.2, 0.25) is 0 Å². The number of carbonyl (C=O) groups is 3. The van der Waals surface area contributed by atoms with Gasteiger partial charge < -0.3 is 31.5 Å². The summed E-state index contributed by atoms with van der Waals surface area (Å²) in [7, 11) is -9.05. The van der Waals surface area contributed by atoms with Crippen LogP contribution >= 0.6 is 0 Å². The molecule has 0 spiro atoms. The van der Waals surface area contributed by atoms with Crippen molar-refractivity contribution in [3.63, 3.8) is 0 Å². The van der Waals surface area contributed by atoms with E-state index in [0.29, 0.717) is 33.5 Å². The summed E-state index contributed by atoms with van der Waals surface area (Å²) >= 11 is 0. The molecular formula is C35H30N4Na4O11S2. The molecule has 21 heteroatoms. The normalized spacial score (nSPS) is 10.8. The zero-order valence-electron chi connectivity index (χ0n) is 26.4. The van der Waals surface area contributed by atoms with E-state index in [1.54, 1.807) is 0 Å². The third-order valence-corrected chi connectivity index (χ3v) is 9.40. The molecule has 6 aromatic carbocycles. The van der Waals surface area contributed by atoms with Crippen molar-refractivity contribution in [3.05, 3.63) is 120 Å². The van der Waals surface area contributed by atoms with E-state index >= 15 is 0 Å². The van der Waals surface area contributed by atoms with Crippen LogP contribution in [-0.4, -0.2) is 172 Å². The summed E-state index contributed by atoms with van der Waals surface area (Å²) in [5, 5.41) is 32.3. The Hall–Kier alpha value is -2.53. The first-order valence-corrected chi connectivity index (χ1v) is 17.8. The molecule has 0 radical (unpaired) electrons. The number of hydrogen-bond donors (Lipinski definition) is 8. The third-order valence-electron chi connectivity index (χ3n) is 7.73. The number of amides is 4. The molecule has 0 heterocycles. The number of hydrogen-bond acceptors (Lipinski definition) is 9. The standard InChI is InChI=1S/C35H26N4O11S2.4Na.4H/c40-31-17-27(51(45,46)47)13-21-5-11-25(15-29(21)31)36-33(42)19-1-7-23(8-2-19)38-35(44)39-24-9-3-20(4-10-24)34(43)37-26-12-6-22-14-28(52(48,49)50)18-32(41)30(22)16-26;;;;;;;;/h1-18,40-41H,(H,36,42)(H,37,43)(H2,38,39,44)(H,45,46,47)(H,48,49,50);;;;;;;;. The van der Waals surface area contributed by atoms with Crippen molar-refractivity contribution in [1.82, 2.24) is 0 Å². The molecule has 0 aromatic heterocycles. The summed E-state index contributed by atoms with van der Waals surface area (Å²) in [4.78, 5) is 37.3. The number of rotatable bonds is 8. The van der Waals surface area contributed by atoms with E-state index in [1.807, 2.05) is 0 Å². The first-order chi connectivity index (χ1) is 24.5. The minimum absolute atomic E-state index is 0. The van der Waals surface area contributed by atoms with Crippen LogP contribution in [0.15, 0.2) is 119 Å². The van der Waals surface area contributed by atoms with Gasteiger partial charge in [-0.3, -0.25) is 18.7 Å². The Labute approximate surface area is 408 Å². The van der Waals surface area contributed by atoms with E-state index in [1.165, 1.54) is 97.1 Å². The molecule has 0 bridgehead atoms. The van der Waals surface area contributed by atoms with E-state index in [9.17, 15) is 50.5 Å². The van der Waals surface area contributed by atoms with Crippen LogP contribution in [0.3, 0.4) is 0 Å². The monoisotopic (exact) mass is 838 g/mol. The van der Waals surface area contributed by atoms with E-state index in [0.717, 1.165) is 12.1 Å². The van der Waals surface area contributed by atoms with Crippen LogP contribution in [0.5, 0.6) is 11.5 Å². The van der Waals surface area contributed by atoms with Crippen molar-refractivity contribution in [3.8, 4) is 11.5 Å².